The van der Waals surface area contributed by atoms with Gasteiger partial charge >= 0.3 is 0 Å². The molecule has 4 heteroatoms. The van der Waals surface area contributed by atoms with E-state index < -0.39 is 5.41 Å². The molecule has 2 aromatic carbocycles. The molecule has 1 aromatic heterocycles. The molecule has 0 atom stereocenters. The zero-order valence-electron chi connectivity index (χ0n) is 16.8. The van der Waals surface area contributed by atoms with Crippen molar-refractivity contribution in [1.82, 2.24) is 14.9 Å². The Morgan fingerprint density at radius 1 is 1.11 bits per heavy atom. The highest BCUT2D eigenvalue weighted by Gasteiger charge is 2.23. The Morgan fingerprint density at radius 3 is 2.50 bits per heavy atom. The monoisotopic (exact) mass is 375 g/mol. The molecule has 0 aliphatic carbocycles. The lowest BCUT2D eigenvalue weighted by molar-refractivity contribution is -0.111. The molecule has 4 rings (SSSR count). The van der Waals surface area contributed by atoms with Crippen molar-refractivity contribution < 1.29 is 4.79 Å². The summed E-state index contributed by atoms with van der Waals surface area (Å²) in [5, 5.41) is 0. The number of aromatic amines is 1. The van der Waals surface area contributed by atoms with E-state index in [0.29, 0.717) is 5.92 Å². The molecule has 2 heterocycles. The first kappa shape index (κ1) is 18.9. The summed E-state index contributed by atoms with van der Waals surface area (Å²) in [6, 6.07) is 16.8. The zero-order valence-corrected chi connectivity index (χ0v) is 16.8. The van der Waals surface area contributed by atoms with Gasteiger partial charge in [-0.05, 0) is 69.5 Å². The predicted octanol–water partition coefficient (Wildman–Crippen LogP) is 4.46. The minimum absolute atomic E-state index is 0.406. The Kier molecular flexibility index (Phi) is 5.31. The van der Waals surface area contributed by atoms with Crippen LogP contribution in [0.1, 0.15) is 49.6 Å². The molecule has 0 spiro atoms. The molecule has 0 saturated carbocycles. The van der Waals surface area contributed by atoms with Gasteiger partial charge in [0.2, 0.25) is 0 Å². The van der Waals surface area contributed by atoms with Crippen LogP contribution in [0, 0.1) is 0 Å². The summed E-state index contributed by atoms with van der Waals surface area (Å²) in [6.07, 6.45) is 4.39. The maximum atomic E-state index is 11.2. The van der Waals surface area contributed by atoms with Gasteiger partial charge in [-0.25, -0.2) is 4.98 Å². The Morgan fingerprint density at radius 2 is 1.82 bits per heavy atom. The fraction of sp³-hybridized carbons (Fsp3) is 0.417. The maximum absolute atomic E-state index is 11.2. The number of fused-ring (bicyclic) bond motifs is 1. The first-order chi connectivity index (χ1) is 13.5. The molecule has 0 amide bonds. The van der Waals surface area contributed by atoms with Crippen LogP contribution >= 0.6 is 0 Å². The minimum atomic E-state index is -0.406. The van der Waals surface area contributed by atoms with E-state index in [4.69, 9.17) is 4.98 Å². The summed E-state index contributed by atoms with van der Waals surface area (Å²) in [5.41, 5.74) is 4.22. The highest BCUT2D eigenvalue weighted by molar-refractivity contribution is 5.74. The average Bonchev–Trinajstić information content (AvgIpc) is 3.17. The van der Waals surface area contributed by atoms with E-state index in [1.54, 1.807) is 0 Å². The average molecular weight is 376 g/mol. The standard InChI is InChI=1S/C24H29N3O/c1-24(2,17-28)20-9-7-18(8-10-20)11-14-27-15-12-19(13-16-27)23-25-21-5-3-4-6-22(21)26-23/h3-10,17,19H,11-16H2,1-2H3,(H,25,26). The van der Waals surface area contributed by atoms with E-state index in [-0.39, 0.29) is 0 Å². The summed E-state index contributed by atoms with van der Waals surface area (Å²) in [6.45, 7) is 7.25. The molecule has 1 aliphatic rings. The van der Waals surface area contributed by atoms with Crippen LogP contribution in [-0.2, 0) is 16.6 Å². The number of H-pyrrole nitrogens is 1. The molecule has 1 aliphatic heterocycles. The van der Waals surface area contributed by atoms with Crippen molar-refractivity contribution in [3.05, 3.63) is 65.5 Å². The van der Waals surface area contributed by atoms with E-state index in [2.05, 4.69) is 52.3 Å². The number of benzene rings is 2. The number of hydrogen-bond donors (Lipinski definition) is 1. The van der Waals surface area contributed by atoms with Crippen molar-refractivity contribution in [2.45, 2.75) is 44.4 Å². The smallest absolute Gasteiger partial charge is 0.129 e. The number of likely N-dealkylation sites (tertiary alicyclic amines) is 1. The van der Waals surface area contributed by atoms with Gasteiger partial charge in [-0.1, -0.05) is 36.4 Å². The summed E-state index contributed by atoms with van der Waals surface area (Å²) in [7, 11) is 0. The minimum Gasteiger partial charge on any atom is -0.342 e. The van der Waals surface area contributed by atoms with Crippen molar-refractivity contribution in [3.63, 3.8) is 0 Å². The maximum Gasteiger partial charge on any atom is 0.129 e. The first-order valence-electron chi connectivity index (χ1n) is 10.3. The summed E-state index contributed by atoms with van der Waals surface area (Å²) in [5.74, 6) is 1.68. The molecule has 146 valence electrons. The van der Waals surface area contributed by atoms with Gasteiger partial charge in [0.15, 0.2) is 0 Å². The number of carbonyl (C=O) groups is 1. The molecule has 1 fully saturated rings. The van der Waals surface area contributed by atoms with E-state index in [0.717, 1.165) is 67.6 Å². The third-order valence-corrected chi connectivity index (χ3v) is 6.09. The number of carbonyl (C=O) groups excluding carboxylic acids is 1. The van der Waals surface area contributed by atoms with Gasteiger partial charge in [-0.15, -0.1) is 0 Å². The van der Waals surface area contributed by atoms with Crippen LogP contribution in [0.25, 0.3) is 11.0 Å². The highest BCUT2D eigenvalue weighted by atomic mass is 16.1. The molecule has 4 nitrogen and oxygen atoms in total. The molecular weight excluding hydrogens is 346 g/mol. The Bertz CT molecular complexity index is 901. The number of nitrogens with zero attached hydrogens (tertiary/aromatic N) is 2. The van der Waals surface area contributed by atoms with Crippen LogP contribution in [0.4, 0.5) is 0 Å². The Balaban J connectivity index is 1.29. The highest BCUT2D eigenvalue weighted by Crippen LogP contribution is 2.28. The third kappa shape index (κ3) is 4.02. The van der Waals surface area contributed by atoms with Gasteiger partial charge in [-0.2, -0.15) is 0 Å². The molecule has 0 radical (unpaired) electrons. The second-order valence-corrected chi connectivity index (χ2v) is 8.54. The van der Waals surface area contributed by atoms with Gasteiger partial charge in [0, 0.05) is 17.9 Å². The number of piperidine rings is 1. The number of rotatable bonds is 6. The number of para-hydroxylation sites is 2. The van der Waals surface area contributed by atoms with E-state index in [1.165, 1.54) is 5.56 Å². The van der Waals surface area contributed by atoms with Crippen LogP contribution in [0.3, 0.4) is 0 Å². The lowest BCUT2D eigenvalue weighted by Gasteiger charge is -2.31. The van der Waals surface area contributed by atoms with E-state index in [1.807, 2.05) is 19.9 Å². The Labute approximate surface area is 167 Å². The van der Waals surface area contributed by atoms with Crippen LogP contribution in [0.5, 0.6) is 0 Å². The Hall–Kier alpha value is -2.46. The molecule has 1 N–H and O–H groups in total. The molecular formula is C24H29N3O. The van der Waals surface area contributed by atoms with Gasteiger partial charge < -0.3 is 14.7 Å². The van der Waals surface area contributed by atoms with Crippen molar-refractivity contribution in [3.8, 4) is 0 Å². The second kappa shape index (κ2) is 7.88. The van der Waals surface area contributed by atoms with Crippen LogP contribution < -0.4 is 0 Å². The van der Waals surface area contributed by atoms with Crippen molar-refractivity contribution in [2.24, 2.45) is 0 Å². The molecule has 0 unspecified atom stereocenters. The summed E-state index contributed by atoms with van der Waals surface area (Å²) < 4.78 is 0. The molecule has 0 bridgehead atoms. The first-order valence-corrected chi connectivity index (χ1v) is 10.3. The van der Waals surface area contributed by atoms with Crippen molar-refractivity contribution >= 4 is 17.3 Å². The molecule has 28 heavy (non-hydrogen) atoms. The molecule has 1 saturated heterocycles. The van der Waals surface area contributed by atoms with Crippen LogP contribution in [0.15, 0.2) is 48.5 Å². The number of imidazole rings is 1. The van der Waals surface area contributed by atoms with Crippen LogP contribution in [0.2, 0.25) is 0 Å². The number of hydrogen-bond acceptors (Lipinski definition) is 3. The van der Waals surface area contributed by atoms with E-state index in [9.17, 15) is 4.79 Å². The lowest BCUT2D eigenvalue weighted by Crippen LogP contribution is -2.34. The van der Waals surface area contributed by atoms with E-state index >= 15 is 0 Å². The number of aromatic nitrogens is 2. The van der Waals surface area contributed by atoms with Gasteiger partial charge in [0.05, 0.1) is 11.0 Å². The molecule has 3 aromatic rings. The fourth-order valence-electron chi connectivity index (χ4n) is 4.05. The largest absolute Gasteiger partial charge is 0.342 e. The third-order valence-electron chi connectivity index (χ3n) is 6.09. The van der Waals surface area contributed by atoms with Crippen LogP contribution in [-0.4, -0.2) is 40.8 Å². The summed E-state index contributed by atoms with van der Waals surface area (Å²) >= 11 is 0. The quantitative estimate of drug-likeness (QED) is 0.647. The van der Waals surface area contributed by atoms with Gasteiger partial charge in [0.1, 0.15) is 12.1 Å². The predicted molar refractivity (Wildman–Crippen MR) is 114 cm³/mol. The van der Waals surface area contributed by atoms with Gasteiger partial charge in [-0.3, -0.25) is 0 Å². The fourth-order valence-corrected chi connectivity index (χ4v) is 4.05. The number of aldehydes is 1. The summed E-state index contributed by atoms with van der Waals surface area (Å²) in [4.78, 5) is 22.1. The van der Waals surface area contributed by atoms with Crippen molar-refractivity contribution in [1.29, 1.82) is 0 Å². The lowest BCUT2D eigenvalue weighted by atomic mass is 9.86. The van der Waals surface area contributed by atoms with Crippen molar-refractivity contribution in [2.75, 3.05) is 19.6 Å². The van der Waals surface area contributed by atoms with Gasteiger partial charge in [0.25, 0.3) is 0 Å². The zero-order chi connectivity index (χ0) is 19.6. The number of nitrogens with one attached hydrogen (secondary N) is 1. The normalized spacial score (nSPS) is 16.5. The SMILES string of the molecule is CC(C)(C=O)c1ccc(CCN2CCC(c3nc4ccccc4[nH]3)CC2)cc1. The second-order valence-electron chi connectivity index (χ2n) is 8.54. The topological polar surface area (TPSA) is 49.0 Å².